The van der Waals surface area contributed by atoms with E-state index in [1.54, 1.807) is 18.2 Å². The molecule has 174 valence electrons. The van der Waals surface area contributed by atoms with Crippen LogP contribution in [0.2, 0.25) is 10.0 Å². The summed E-state index contributed by atoms with van der Waals surface area (Å²) >= 11 is 13.6. The lowest BCUT2D eigenvalue weighted by Crippen LogP contribution is -2.48. The smallest absolute Gasteiger partial charge is 0.293 e. The van der Waals surface area contributed by atoms with Gasteiger partial charge in [0.2, 0.25) is 0 Å². The molecular formula is C26H28Cl2N2O2S. The molecule has 2 heterocycles. The first kappa shape index (κ1) is 24.2. The highest BCUT2D eigenvalue weighted by molar-refractivity contribution is 8.18. The third-order valence-corrected chi connectivity index (χ3v) is 7.85. The van der Waals surface area contributed by atoms with Gasteiger partial charge in [-0.25, -0.2) is 0 Å². The molecule has 0 N–H and O–H groups in total. The van der Waals surface area contributed by atoms with Crippen LogP contribution in [0.5, 0.6) is 0 Å². The second kappa shape index (κ2) is 9.36. The Morgan fingerprint density at radius 2 is 1.85 bits per heavy atom. The number of rotatable bonds is 5. The molecule has 2 aromatic carbocycles. The second-order valence-electron chi connectivity index (χ2n) is 9.40. The Bertz CT molecular complexity index is 1130. The van der Waals surface area contributed by atoms with Crippen molar-refractivity contribution in [2.45, 2.75) is 58.5 Å². The lowest BCUT2D eigenvalue weighted by molar-refractivity contribution is -0.123. The molecule has 0 bridgehead atoms. The van der Waals surface area contributed by atoms with Gasteiger partial charge in [-0.15, -0.1) is 0 Å². The van der Waals surface area contributed by atoms with Crippen LogP contribution >= 0.6 is 35.0 Å². The number of carbonyl (C=O) groups is 2. The maximum absolute atomic E-state index is 13.0. The summed E-state index contributed by atoms with van der Waals surface area (Å²) in [4.78, 5) is 29.7. The van der Waals surface area contributed by atoms with Crippen molar-refractivity contribution in [3.05, 3.63) is 68.0 Å². The fraction of sp³-hybridized carbons (Fsp3) is 0.385. The van der Waals surface area contributed by atoms with Gasteiger partial charge in [-0.2, -0.15) is 0 Å². The minimum atomic E-state index is -0.296. The lowest BCUT2D eigenvalue weighted by atomic mass is 9.79. The zero-order valence-corrected chi connectivity index (χ0v) is 21.7. The van der Waals surface area contributed by atoms with Crippen molar-refractivity contribution in [1.29, 1.82) is 0 Å². The molecule has 0 saturated carbocycles. The van der Waals surface area contributed by atoms with E-state index in [4.69, 9.17) is 23.2 Å². The highest BCUT2D eigenvalue weighted by atomic mass is 35.5. The Hall–Kier alpha value is -1.95. The average Bonchev–Trinajstić information content (AvgIpc) is 3.00. The number of amides is 2. The molecule has 2 amide bonds. The maximum Gasteiger partial charge on any atom is 0.293 e. The minimum Gasteiger partial charge on any atom is -0.366 e. The summed E-state index contributed by atoms with van der Waals surface area (Å²) in [6.07, 6.45) is 3.85. The fourth-order valence-corrected chi connectivity index (χ4v) is 6.00. The Kier molecular flexibility index (Phi) is 6.86. The van der Waals surface area contributed by atoms with E-state index in [0.29, 0.717) is 20.9 Å². The molecule has 33 heavy (non-hydrogen) atoms. The normalized spacial score (nSPS) is 21.2. The molecule has 0 spiro atoms. The molecule has 0 aromatic heterocycles. The van der Waals surface area contributed by atoms with Crippen molar-refractivity contribution >= 4 is 57.9 Å². The molecule has 2 aliphatic rings. The van der Waals surface area contributed by atoms with Crippen molar-refractivity contribution in [1.82, 2.24) is 4.90 Å². The highest BCUT2D eigenvalue weighted by Gasteiger charge is 2.37. The number of benzene rings is 2. The van der Waals surface area contributed by atoms with E-state index in [-0.39, 0.29) is 23.2 Å². The molecule has 1 atom stereocenters. The van der Waals surface area contributed by atoms with E-state index < -0.39 is 0 Å². The predicted octanol–water partition coefficient (Wildman–Crippen LogP) is 7.73. The monoisotopic (exact) mass is 502 g/mol. The van der Waals surface area contributed by atoms with Crippen LogP contribution < -0.4 is 4.90 Å². The van der Waals surface area contributed by atoms with Gasteiger partial charge < -0.3 is 4.90 Å². The molecular weight excluding hydrogens is 475 g/mol. The standard InChI is InChI=1S/C26H28Cl2N2O2S/c1-5-10-30-22-13-21(28)18(11-20(22)16(2)14-26(30,3)4)12-23-24(31)29(25(32)33-23)15-17-6-8-19(27)9-7-17/h6-9,11-13,16H,5,10,14-15H2,1-4H3/b23-12+. The first-order chi connectivity index (χ1) is 15.6. The Balaban J connectivity index is 1.64. The minimum absolute atomic E-state index is 0.0532. The number of anilines is 1. The molecule has 4 nitrogen and oxygen atoms in total. The van der Waals surface area contributed by atoms with Gasteiger partial charge in [0, 0.05) is 27.8 Å². The molecule has 4 rings (SSSR count). The fourth-order valence-electron chi connectivity index (χ4n) is 4.83. The first-order valence-corrected chi connectivity index (χ1v) is 12.8. The van der Waals surface area contributed by atoms with Crippen LogP contribution in [0.4, 0.5) is 10.5 Å². The van der Waals surface area contributed by atoms with Gasteiger partial charge in [-0.3, -0.25) is 14.5 Å². The molecule has 0 radical (unpaired) electrons. The van der Waals surface area contributed by atoms with Crippen molar-refractivity contribution in [3.8, 4) is 0 Å². The summed E-state index contributed by atoms with van der Waals surface area (Å²) in [6, 6.07) is 11.3. The summed E-state index contributed by atoms with van der Waals surface area (Å²) in [5.41, 5.74) is 4.08. The second-order valence-corrected chi connectivity index (χ2v) is 11.2. The van der Waals surface area contributed by atoms with Crippen LogP contribution in [0.25, 0.3) is 6.08 Å². The predicted molar refractivity (Wildman–Crippen MR) is 139 cm³/mol. The van der Waals surface area contributed by atoms with E-state index in [0.717, 1.165) is 42.3 Å². The quantitative estimate of drug-likeness (QED) is 0.392. The van der Waals surface area contributed by atoms with E-state index in [1.165, 1.54) is 16.2 Å². The zero-order chi connectivity index (χ0) is 23.9. The Morgan fingerprint density at radius 3 is 2.52 bits per heavy atom. The van der Waals surface area contributed by atoms with Crippen LogP contribution in [0.15, 0.2) is 41.3 Å². The molecule has 7 heteroatoms. The van der Waals surface area contributed by atoms with Gasteiger partial charge in [0.15, 0.2) is 0 Å². The van der Waals surface area contributed by atoms with Crippen LogP contribution in [0.3, 0.4) is 0 Å². The number of carbonyl (C=O) groups excluding carboxylic acids is 2. The van der Waals surface area contributed by atoms with Crippen molar-refractivity contribution in [3.63, 3.8) is 0 Å². The number of hydrogen-bond donors (Lipinski definition) is 0. The Morgan fingerprint density at radius 1 is 1.15 bits per heavy atom. The maximum atomic E-state index is 13.0. The topological polar surface area (TPSA) is 40.6 Å². The number of imide groups is 1. The van der Waals surface area contributed by atoms with Crippen molar-refractivity contribution < 1.29 is 9.59 Å². The van der Waals surface area contributed by atoms with Gasteiger partial charge in [-0.05, 0) is 91.4 Å². The van der Waals surface area contributed by atoms with Crippen LogP contribution in [0.1, 0.15) is 63.1 Å². The van der Waals surface area contributed by atoms with Crippen LogP contribution in [-0.2, 0) is 11.3 Å². The van der Waals surface area contributed by atoms with Gasteiger partial charge in [0.05, 0.1) is 11.4 Å². The summed E-state index contributed by atoms with van der Waals surface area (Å²) in [7, 11) is 0. The SMILES string of the molecule is CCCN1c2cc(Cl)c(/C=C3/SC(=O)N(Cc4ccc(Cl)cc4)C3=O)cc2C(C)CC1(C)C. The van der Waals surface area contributed by atoms with Gasteiger partial charge >= 0.3 is 0 Å². The highest BCUT2D eigenvalue weighted by Crippen LogP contribution is 2.46. The number of nitrogens with zero attached hydrogens (tertiary/aromatic N) is 2. The summed E-state index contributed by atoms with van der Waals surface area (Å²) in [5, 5.41) is 0.925. The molecule has 0 aliphatic carbocycles. The molecule has 1 fully saturated rings. The zero-order valence-electron chi connectivity index (χ0n) is 19.3. The van der Waals surface area contributed by atoms with Crippen molar-refractivity contribution in [2.24, 2.45) is 0 Å². The number of halogens is 2. The summed E-state index contributed by atoms with van der Waals surface area (Å²) in [5.74, 6) is 0.0722. The molecule has 1 saturated heterocycles. The largest absolute Gasteiger partial charge is 0.366 e. The lowest BCUT2D eigenvalue weighted by Gasteiger charge is -2.47. The van der Waals surface area contributed by atoms with Gasteiger partial charge in [0.1, 0.15) is 0 Å². The van der Waals surface area contributed by atoms with E-state index in [2.05, 4.69) is 38.7 Å². The van der Waals surface area contributed by atoms with E-state index in [1.807, 2.05) is 18.2 Å². The van der Waals surface area contributed by atoms with Gasteiger partial charge in [0.25, 0.3) is 11.1 Å². The molecule has 1 unspecified atom stereocenters. The average molecular weight is 503 g/mol. The third kappa shape index (κ3) is 4.82. The summed E-state index contributed by atoms with van der Waals surface area (Å²) in [6.45, 7) is 10.2. The van der Waals surface area contributed by atoms with E-state index >= 15 is 0 Å². The number of fused-ring (bicyclic) bond motifs is 1. The number of hydrogen-bond acceptors (Lipinski definition) is 4. The summed E-state index contributed by atoms with van der Waals surface area (Å²) < 4.78 is 0. The van der Waals surface area contributed by atoms with Crippen LogP contribution in [0, 0.1) is 0 Å². The molecule has 2 aromatic rings. The number of thioether (sulfide) groups is 1. The Labute approximate surface area is 209 Å². The van der Waals surface area contributed by atoms with Crippen molar-refractivity contribution in [2.75, 3.05) is 11.4 Å². The molecule has 2 aliphatic heterocycles. The van der Waals surface area contributed by atoms with E-state index in [9.17, 15) is 9.59 Å². The third-order valence-electron chi connectivity index (χ3n) is 6.37. The van der Waals surface area contributed by atoms with Crippen LogP contribution in [-0.4, -0.2) is 28.1 Å². The first-order valence-electron chi connectivity index (χ1n) is 11.2. The van der Waals surface area contributed by atoms with Gasteiger partial charge in [-0.1, -0.05) is 49.2 Å².